The maximum absolute atomic E-state index is 1.59. The second-order valence-corrected chi connectivity index (χ2v) is 5.64. The van der Waals surface area contributed by atoms with E-state index in [1.54, 1.807) is 51.4 Å². The predicted octanol–water partition coefficient (Wildman–Crippen LogP) is 4.00. The summed E-state index contributed by atoms with van der Waals surface area (Å²) in [6.07, 6.45) is 14.2. The largest absolute Gasteiger partial charge is 0.0533 e. The van der Waals surface area contributed by atoms with Crippen LogP contribution in [0.3, 0.4) is 0 Å². The highest BCUT2D eigenvalue weighted by atomic mass is 14.5. The Balaban J connectivity index is 1.81. The van der Waals surface area contributed by atoms with Gasteiger partial charge in [-0.1, -0.05) is 19.3 Å². The molecule has 2 atom stereocenters. The molecule has 4 fully saturated rings. The van der Waals surface area contributed by atoms with Crippen molar-refractivity contribution >= 4 is 0 Å². The van der Waals surface area contributed by atoms with Gasteiger partial charge in [-0.15, -0.1) is 0 Å². The second-order valence-electron chi connectivity index (χ2n) is 5.64. The van der Waals surface area contributed by atoms with E-state index in [4.69, 9.17) is 0 Å². The molecule has 0 N–H and O–H groups in total. The quantitative estimate of drug-likeness (QED) is 0.526. The Bertz CT molecular complexity index is 156. The van der Waals surface area contributed by atoms with Crippen molar-refractivity contribution in [2.75, 3.05) is 0 Å². The van der Waals surface area contributed by atoms with Crippen LogP contribution in [0.15, 0.2) is 0 Å². The lowest BCUT2D eigenvalue weighted by Crippen LogP contribution is -2.39. The molecular weight excluding hydrogens is 156 g/mol. The van der Waals surface area contributed by atoms with Gasteiger partial charge in [-0.2, -0.15) is 0 Å². The average Bonchev–Trinajstić information content (AvgIpc) is 2.45. The third-order valence-electron chi connectivity index (χ3n) is 5.15. The topological polar surface area (TPSA) is 0 Å². The summed E-state index contributed by atoms with van der Waals surface area (Å²) in [6.45, 7) is 0. The van der Waals surface area contributed by atoms with Crippen molar-refractivity contribution in [2.24, 2.45) is 23.7 Å². The zero-order valence-corrected chi connectivity index (χ0v) is 8.67. The summed E-state index contributed by atoms with van der Waals surface area (Å²) in [5.41, 5.74) is 0. The molecule has 74 valence electrons. The molecule has 0 heterocycles. The number of hydrogen-bond donors (Lipinski definition) is 0. The molecule has 0 heteroatoms. The van der Waals surface area contributed by atoms with E-state index >= 15 is 0 Å². The summed E-state index contributed by atoms with van der Waals surface area (Å²) in [4.78, 5) is 0. The first kappa shape index (κ1) is 8.32. The molecule has 4 aliphatic carbocycles. The van der Waals surface area contributed by atoms with E-state index in [1.165, 1.54) is 18.3 Å². The van der Waals surface area contributed by atoms with Crippen LogP contribution in [0.2, 0.25) is 0 Å². The fourth-order valence-electron chi connectivity index (χ4n) is 4.54. The molecule has 0 aromatic heterocycles. The molecule has 4 aliphatic rings. The summed E-state index contributed by atoms with van der Waals surface area (Å²) >= 11 is 0. The van der Waals surface area contributed by atoms with Crippen molar-refractivity contribution in [3.05, 3.63) is 0 Å². The third kappa shape index (κ3) is 1.33. The minimum absolute atomic E-state index is 1.16. The molecule has 4 rings (SSSR count). The molecular formula is C13H22. The lowest BCUT2D eigenvalue weighted by Gasteiger charge is -2.48. The van der Waals surface area contributed by atoms with Crippen LogP contribution in [0.5, 0.6) is 0 Å². The molecule has 0 aromatic carbocycles. The van der Waals surface area contributed by atoms with Crippen molar-refractivity contribution in [3.8, 4) is 0 Å². The van der Waals surface area contributed by atoms with E-state index < -0.39 is 0 Å². The maximum Gasteiger partial charge on any atom is -0.0355 e. The van der Waals surface area contributed by atoms with Gasteiger partial charge >= 0.3 is 0 Å². The van der Waals surface area contributed by atoms with Gasteiger partial charge in [0.05, 0.1) is 0 Å². The molecule has 0 spiro atoms. The Hall–Kier alpha value is 0. The van der Waals surface area contributed by atoms with Crippen molar-refractivity contribution in [1.29, 1.82) is 0 Å². The van der Waals surface area contributed by atoms with Crippen LogP contribution >= 0.6 is 0 Å². The number of fused-ring (bicyclic) bond motifs is 2. The standard InChI is InChI=1S/C13H22/c1-2-4-12-10-6-8-11(9-7-10)13(12)5-3-1/h10-13H,1-9H2/t10?,11?,12-,13-/m0/s1. The van der Waals surface area contributed by atoms with Crippen molar-refractivity contribution in [3.63, 3.8) is 0 Å². The van der Waals surface area contributed by atoms with Crippen LogP contribution in [0.25, 0.3) is 0 Å². The van der Waals surface area contributed by atoms with E-state index in [1.807, 2.05) is 0 Å². The van der Waals surface area contributed by atoms with E-state index in [0.29, 0.717) is 0 Å². The maximum atomic E-state index is 1.59. The average molecular weight is 178 g/mol. The van der Waals surface area contributed by atoms with Crippen LogP contribution in [-0.4, -0.2) is 0 Å². The fourth-order valence-corrected chi connectivity index (χ4v) is 4.54. The van der Waals surface area contributed by atoms with Gasteiger partial charge in [0, 0.05) is 0 Å². The zero-order chi connectivity index (χ0) is 8.67. The van der Waals surface area contributed by atoms with Gasteiger partial charge in [0.1, 0.15) is 0 Å². The van der Waals surface area contributed by atoms with Crippen LogP contribution in [-0.2, 0) is 0 Å². The van der Waals surface area contributed by atoms with Gasteiger partial charge in [0.25, 0.3) is 0 Å². The van der Waals surface area contributed by atoms with Crippen molar-refractivity contribution < 1.29 is 0 Å². The number of rotatable bonds is 0. The van der Waals surface area contributed by atoms with Gasteiger partial charge in [-0.05, 0) is 62.2 Å². The van der Waals surface area contributed by atoms with Gasteiger partial charge in [0.15, 0.2) is 0 Å². The monoisotopic (exact) mass is 178 g/mol. The molecule has 4 saturated carbocycles. The van der Waals surface area contributed by atoms with E-state index in [9.17, 15) is 0 Å². The van der Waals surface area contributed by atoms with Crippen LogP contribution in [0, 0.1) is 23.7 Å². The predicted molar refractivity (Wildman–Crippen MR) is 55.5 cm³/mol. The van der Waals surface area contributed by atoms with Crippen molar-refractivity contribution in [2.45, 2.75) is 57.8 Å². The molecule has 0 aromatic rings. The Labute approximate surface area is 82.1 Å². The highest BCUT2D eigenvalue weighted by Crippen LogP contribution is 2.53. The summed E-state index contributed by atoms with van der Waals surface area (Å²) in [7, 11) is 0. The third-order valence-corrected chi connectivity index (χ3v) is 5.15. The molecule has 0 radical (unpaired) electrons. The first-order valence-electron chi connectivity index (χ1n) is 6.45. The minimum atomic E-state index is 1.16. The van der Waals surface area contributed by atoms with Gasteiger partial charge in [0.2, 0.25) is 0 Å². The Morgan fingerprint density at radius 3 is 1.38 bits per heavy atom. The Morgan fingerprint density at radius 2 is 0.923 bits per heavy atom. The van der Waals surface area contributed by atoms with E-state index in [0.717, 1.165) is 11.8 Å². The molecule has 0 amide bonds. The van der Waals surface area contributed by atoms with Gasteiger partial charge in [-0.3, -0.25) is 0 Å². The molecule has 2 bridgehead atoms. The first-order chi connectivity index (χ1) is 6.45. The molecule has 0 saturated heterocycles. The zero-order valence-electron chi connectivity index (χ0n) is 8.67. The van der Waals surface area contributed by atoms with Gasteiger partial charge in [-0.25, -0.2) is 0 Å². The highest BCUT2D eigenvalue weighted by molar-refractivity contribution is 4.93. The minimum Gasteiger partial charge on any atom is -0.0533 e. The second kappa shape index (κ2) is 3.29. The smallest absolute Gasteiger partial charge is 0.0355 e. The molecule has 0 aliphatic heterocycles. The molecule has 0 unspecified atom stereocenters. The fraction of sp³-hybridized carbons (Fsp3) is 1.00. The Morgan fingerprint density at radius 1 is 0.462 bits per heavy atom. The molecule has 13 heavy (non-hydrogen) atoms. The van der Waals surface area contributed by atoms with E-state index in [-0.39, 0.29) is 0 Å². The molecule has 0 nitrogen and oxygen atoms in total. The van der Waals surface area contributed by atoms with Gasteiger partial charge < -0.3 is 0 Å². The first-order valence-corrected chi connectivity index (χ1v) is 6.45. The van der Waals surface area contributed by atoms with Crippen LogP contribution in [0.1, 0.15) is 57.8 Å². The normalized spacial score (nSPS) is 49.8. The highest BCUT2D eigenvalue weighted by Gasteiger charge is 2.42. The van der Waals surface area contributed by atoms with Crippen LogP contribution < -0.4 is 0 Å². The van der Waals surface area contributed by atoms with Crippen molar-refractivity contribution in [1.82, 2.24) is 0 Å². The Kier molecular flexibility index (Phi) is 2.11. The van der Waals surface area contributed by atoms with Crippen LogP contribution in [0.4, 0.5) is 0 Å². The summed E-state index contributed by atoms with van der Waals surface area (Å²) in [6, 6.07) is 0. The summed E-state index contributed by atoms with van der Waals surface area (Å²) in [5, 5.41) is 0. The van der Waals surface area contributed by atoms with E-state index in [2.05, 4.69) is 0 Å². The lowest BCUT2D eigenvalue weighted by atomic mass is 9.57. The number of hydrogen-bond acceptors (Lipinski definition) is 0. The summed E-state index contributed by atoms with van der Waals surface area (Å²) < 4.78 is 0. The lowest BCUT2D eigenvalue weighted by molar-refractivity contribution is 0.0190. The summed E-state index contributed by atoms with van der Waals surface area (Å²) in [5.74, 6) is 4.67. The SMILES string of the molecule is C1CC[C@H]2C3CCC(CC3)[C@@H]2CC1.